The topological polar surface area (TPSA) is 17.1 Å². The molecule has 0 aromatic rings. The summed E-state index contributed by atoms with van der Waals surface area (Å²) in [5.74, 6) is 0.633. The minimum atomic E-state index is 0.0139. The zero-order valence-corrected chi connectivity index (χ0v) is 20.3. The number of hydrogen-bond acceptors (Lipinski definition) is 1. The summed E-state index contributed by atoms with van der Waals surface area (Å²) in [5.41, 5.74) is 0.0139. The second-order valence-corrected chi connectivity index (χ2v) is 9.30. The van der Waals surface area contributed by atoms with Gasteiger partial charge < -0.3 is 0 Å². The lowest BCUT2D eigenvalue weighted by Crippen LogP contribution is -2.31. The molecular weight excluding hydrogens is 340 g/mol. The number of carbonyl (C=O) groups is 1. The number of ketones is 1. The molecule has 0 aliphatic heterocycles. The Hall–Kier alpha value is -0.330. The Morgan fingerprint density at radius 2 is 0.786 bits per heavy atom. The Labute approximate surface area is 178 Å². The first kappa shape index (κ1) is 27.7. The Bertz CT molecular complexity index is 302. The van der Waals surface area contributed by atoms with Gasteiger partial charge in [0.05, 0.1) is 0 Å². The third-order valence-electron chi connectivity index (χ3n) is 6.63. The van der Waals surface area contributed by atoms with E-state index in [0.29, 0.717) is 5.78 Å². The van der Waals surface area contributed by atoms with Crippen LogP contribution >= 0.6 is 0 Å². The highest BCUT2D eigenvalue weighted by Crippen LogP contribution is 2.40. The third kappa shape index (κ3) is 13.8. The minimum absolute atomic E-state index is 0.0139. The van der Waals surface area contributed by atoms with Gasteiger partial charge in [0.1, 0.15) is 5.78 Å². The predicted octanol–water partition coefficient (Wildman–Crippen LogP) is 9.81. The molecule has 0 spiro atoms. The average molecular weight is 395 g/mol. The van der Waals surface area contributed by atoms with E-state index in [9.17, 15) is 4.79 Å². The van der Waals surface area contributed by atoms with Crippen molar-refractivity contribution in [1.29, 1.82) is 0 Å². The van der Waals surface area contributed by atoms with Gasteiger partial charge in [-0.25, -0.2) is 0 Å². The van der Waals surface area contributed by atoms with Crippen molar-refractivity contribution in [2.75, 3.05) is 0 Å². The fraction of sp³-hybridized carbons (Fsp3) is 0.963. The highest BCUT2D eigenvalue weighted by Gasteiger charge is 2.35. The molecule has 0 aliphatic carbocycles. The van der Waals surface area contributed by atoms with Crippen molar-refractivity contribution in [3.8, 4) is 0 Å². The monoisotopic (exact) mass is 394 g/mol. The number of carbonyl (C=O) groups excluding carboxylic acids is 1. The van der Waals surface area contributed by atoms with Crippen LogP contribution in [0.2, 0.25) is 0 Å². The van der Waals surface area contributed by atoms with E-state index in [2.05, 4.69) is 27.7 Å². The number of Topliss-reactive ketones (excluding diaryl/α,β-unsaturated/α-hetero) is 1. The highest BCUT2D eigenvalue weighted by atomic mass is 16.1. The van der Waals surface area contributed by atoms with Crippen molar-refractivity contribution in [2.24, 2.45) is 5.41 Å². The first-order valence-corrected chi connectivity index (χ1v) is 13.2. The molecule has 1 heteroatoms. The van der Waals surface area contributed by atoms with Crippen LogP contribution < -0.4 is 0 Å². The van der Waals surface area contributed by atoms with E-state index in [-0.39, 0.29) is 5.41 Å². The van der Waals surface area contributed by atoms with Gasteiger partial charge in [0, 0.05) is 11.8 Å². The molecule has 0 unspecified atom stereocenters. The maximum absolute atomic E-state index is 13.5. The molecule has 0 N–H and O–H groups in total. The smallest absolute Gasteiger partial charge is 0.139 e. The predicted molar refractivity (Wildman–Crippen MR) is 127 cm³/mol. The summed E-state index contributed by atoms with van der Waals surface area (Å²) in [5, 5.41) is 0. The van der Waals surface area contributed by atoms with E-state index < -0.39 is 0 Å². The molecule has 0 aromatic carbocycles. The molecule has 0 atom stereocenters. The van der Waals surface area contributed by atoms with Gasteiger partial charge in [-0.2, -0.15) is 0 Å². The van der Waals surface area contributed by atoms with Gasteiger partial charge in [-0.05, 0) is 25.7 Å². The lowest BCUT2D eigenvalue weighted by molar-refractivity contribution is -0.130. The SMILES string of the molecule is CCCCCCCC(=O)C(CCCCCC)(CCCCCC)CCCCCC. The van der Waals surface area contributed by atoms with Gasteiger partial charge in [-0.3, -0.25) is 4.79 Å². The number of hydrogen-bond donors (Lipinski definition) is 0. The summed E-state index contributed by atoms with van der Waals surface area (Å²) in [6.45, 7) is 9.11. The van der Waals surface area contributed by atoms with Gasteiger partial charge >= 0.3 is 0 Å². The van der Waals surface area contributed by atoms with Crippen molar-refractivity contribution in [1.82, 2.24) is 0 Å². The highest BCUT2D eigenvalue weighted by molar-refractivity contribution is 5.84. The molecular formula is C27H54O. The summed E-state index contributed by atoms with van der Waals surface area (Å²) in [7, 11) is 0. The molecule has 0 aliphatic rings. The third-order valence-corrected chi connectivity index (χ3v) is 6.63. The van der Waals surface area contributed by atoms with E-state index in [1.165, 1.54) is 122 Å². The van der Waals surface area contributed by atoms with Crippen LogP contribution in [-0.4, -0.2) is 5.78 Å². The Kier molecular flexibility index (Phi) is 19.7. The lowest BCUT2D eigenvalue weighted by atomic mass is 9.69. The lowest BCUT2D eigenvalue weighted by Gasteiger charge is -2.33. The van der Waals surface area contributed by atoms with Crippen molar-refractivity contribution in [3.63, 3.8) is 0 Å². The minimum Gasteiger partial charge on any atom is -0.299 e. The van der Waals surface area contributed by atoms with Crippen LogP contribution in [0.25, 0.3) is 0 Å². The molecule has 1 nitrogen and oxygen atoms in total. The largest absolute Gasteiger partial charge is 0.299 e. The van der Waals surface area contributed by atoms with Gasteiger partial charge in [0.2, 0.25) is 0 Å². The molecule has 0 amide bonds. The van der Waals surface area contributed by atoms with Gasteiger partial charge in [0.15, 0.2) is 0 Å². The Morgan fingerprint density at radius 3 is 1.14 bits per heavy atom. The molecule has 28 heavy (non-hydrogen) atoms. The molecule has 0 aromatic heterocycles. The first-order valence-electron chi connectivity index (χ1n) is 13.2. The maximum Gasteiger partial charge on any atom is 0.139 e. The molecule has 0 fully saturated rings. The molecule has 168 valence electrons. The molecule has 0 rings (SSSR count). The second kappa shape index (κ2) is 20.0. The van der Waals surface area contributed by atoms with Crippen LogP contribution in [-0.2, 0) is 4.79 Å². The standard InChI is InChI=1S/C27H54O/c1-5-9-13-17-18-22-26(28)27(23-19-14-10-6-2,24-20-15-11-7-3)25-21-16-12-8-4/h5-25H2,1-4H3. The molecule has 0 saturated heterocycles. The Morgan fingerprint density at radius 1 is 0.464 bits per heavy atom. The zero-order chi connectivity index (χ0) is 20.9. The van der Waals surface area contributed by atoms with Gasteiger partial charge in [0.25, 0.3) is 0 Å². The molecule has 0 saturated carbocycles. The van der Waals surface area contributed by atoms with Crippen LogP contribution in [0.15, 0.2) is 0 Å². The summed E-state index contributed by atoms with van der Waals surface area (Å²) in [6, 6.07) is 0. The van der Waals surface area contributed by atoms with Crippen LogP contribution in [0.1, 0.15) is 163 Å². The average Bonchev–Trinajstić information content (AvgIpc) is 2.70. The van der Waals surface area contributed by atoms with Crippen molar-refractivity contribution < 1.29 is 4.79 Å². The van der Waals surface area contributed by atoms with Crippen LogP contribution in [0, 0.1) is 5.41 Å². The normalized spacial score (nSPS) is 11.9. The summed E-state index contributed by atoms with van der Waals surface area (Å²) < 4.78 is 0. The Balaban J connectivity index is 4.91. The molecule has 0 heterocycles. The van der Waals surface area contributed by atoms with E-state index in [4.69, 9.17) is 0 Å². The van der Waals surface area contributed by atoms with E-state index >= 15 is 0 Å². The second-order valence-electron chi connectivity index (χ2n) is 9.30. The number of rotatable bonds is 22. The molecule has 0 bridgehead atoms. The summed E-state index contributed by atoms with van der Waals surface area (Å²) in [6.07, 6.45) is 26.2. The van der Waals surface area contributed by atoms with E-state index in [0.717, 1.165) is 12.8 Å². The first-order chi connectivity index (χ1) is 13.7. The zero-order valence-electron chi connectivity index (χ0n) is 20.3. The van der Waals surface area contributed by atoms with Crippen molar-refractivity contribution in [2.45, 2.75) is 163 Å². The van der Waals surface area contributed by atoms with Crippen molar-refractivity contribution >= 4 is 5.78 Å². The quantitative estimate of drug-likeness (QED) is 0.167. The summed E-state index contributed by atoms with van der Waals surface area (Å²) in [4.78, 5) is 13.5. The van der Waals surface area contributed by atoms with E-state index in [1.54, 1.807) is 0 Å². The van der Waals surface area contributed by atoms with Crippen LogP contribution in [0.4, 0.5) is 0 Å². The van der Waals surface area contributed by atoms with Crippen LogP contribution in [0.3, 0.4) is 0 Å². The molecule has 0 radical (unpaired) electrons. The van der Waals surface area contributed by atoms with E-state index in [1.807, 2.05) is 0 Å². The summed E-state index contributed by atoms with van der Waals surface area (Å²) >= 11 is 0. The van der Waals surface area contributed by atoms with Gasteiger partial charge in [-0.1, -0.05) is 130 Å². The van der Waals surface area contributed by atoms with Crippen molar-refractivity contribution in [3.05, 3.63) is 0 Å². The van der Waals surface area contributed by atoms with Crippen LogP contribution in [0.5, 0.6) is 0 Å². The maximum atomic E-state index is 13.5. The fourth-order valence-electron chi connectivity index (χ4n) is 4.62. The fourth-order valence-corrected chi connectivity index (χ4v) is 4.62. The number of unbranched alkanes of at least 4 members (excludes halogenated alkanes) is 13. The van der Waals surface area contributed by atoms with Gasteiger partial charge in [-0.15, -0.1) is 0 Å².